The van der Waals surface area contributed by atoms with Crippen LogP contribution in [-0.4, -0.2) is 27.0 Å². The summed E-state index contributed by atoms with van der Waals surface area (Å²) >= 11 is 0. The first-order valence-corrected chi connectivity index (χ1v) is 12.3. The van der Waals surface area contributed by atoms with Crippen molar-refractivity contribution >= 4 is 29.1 Å². The van der Waals surface area contributed by atoms with Crippen LogP contribution in [0.2, 0.25) is 0 Å². The minimum atomic E-state index is -1.78. The maximum absolute atomic E-state index is 10.7. The monoisotopic (exact) mass is 409 g/mol. The second-order valence-electron chi connectivity index (χ2n) is 7.49. The van der Waals surface area contributed by atoms with Gasteiger partial charge in [-0.2, -0.15) is 5.10 Å². The van der Waals surface area contributed by atoms with Gasteiger partial charge in [0.1, 0.15) is 23.2 Å². The third-order valence-corrected chi connectivity index (χ3v) is 9.87. The molecule has 2 aromatic carbocycles. The van der Waals surface area contributed by atoms with Crippen LogP contribution in [-0.2, 0) is 11.8 Å². The summed E-state index contributed by atoms with van der Waals surface area (Å²) in [7, 11) is 0.202. The van der Waals surface area contributed by atoms with E-state index in [0.717, 1.165) is 38.3 Å². The number of aryl methyl sites for hydroxylation is 1. The molecule has 5 heteroatoms. The van der Waals surface area contributed by atoms with Crippen LogP contribution in [0.5, 0.6) is 0 Å². The van der Waals surface area contributed by atoms with Gasteiger partial charge in [0.15, 0.2) is 0 Å². The molecule has 3 aromatic rings. The number of aromatic nitrogens is 2. The molecule has 0 saturated heterocycles. The van der Waals surface area contributed by atoms with Gasteiger partial charge in [0.2, 0.25) is 0 Å². The van der Waals surface area contributed by atoms with Gasteiger partial charge in [-0.15, -0.1) is 0 Å². The molecule has 0 fully saturated rings. The molecule has 0 bridgehead atoms. The van der Waals surface area contributed by atoms with Gasteiger partial charge in [-0.25, -0.2) is 0 Å². The zero-order valence-corrected chi connectivity index (χ0v) is 18.0. The Hall–Kier alpha value is -2.45. The van der Waals surface area contributed by atoms with Gasteiger partial charge in [0.05, 0.1) is 18.6 Å². The Labute approximate surface area is 173 Å². The van der Waals surface area contributed by atoms with Crippen LogP contribution >= 0.6 is 7.26 Å². The third-order valence-electron chi connectivity index (χ3n) is 5.41. The number of rotatable bonds is 11. The molecule has 4 nitrogen and oxygen atoms in total. The highest BCUT2D eigenvalue weighted by molar-refractivity contribution is 7.95. The van der Waals surface area contributed by atoms with Crippen molar-refractivity contribution in [3.63, 3.8) is 0 Å². The van der Waals surface area contributed by atoms with E-state index < -0.39 is 13.2 Å². The van der Waals surface area contributed by atoms with Crippen LogP contribution in [0.25, 0.3) is 0 Å². The van der Waals surface area contributed by atoms with Crippen molar-refractivity contribution in [2.24, 2.45) is 7.05 Å². The van der Waals surface area contributed by atoms with Gasteiger partial charge >= 0.3 is 5.97 Å². The average Bonchev–Trinajstić information content (AvgIpc) is 3.18. The Kier molecular flexibility index (Phi) is 7.60. The first-order chi connectivity index (χ1) is 14.1. The number of aliphatic carboxylic acids is 1. The normalized spacial score (nSPS) is 11.5. The Balaban J connectivity index is 1.86. The molecular formula is C24H30N2O2P+. The molecular weight excluding hydrogens is 379 g/mol. The molecule has 0 amide bonds. The molecule has 29 heavy (non-hydrogen) atoms. The molecule has 3 rings (SSSR count). The van der Waals surface area contributed by atoms with E-state index in [4.69, 9.17) is 5.11 Å². The summed E-state index contributed by atoms with van der Waals surface area (Å²) in [6, 6.07) is 21.8. The van der Waals surface area contributed by atoms with Crippen LogP contribution in [0.4, 0.5) is 0 Å². The lowest BCUT2D eigenvalue weighted by atomic mass is 10.1. The highest BCUT2D eigenvalue weighted by atomic mass is 31.2. The van der Waals surface area contributed by atoms with Crippen molar-refractivity contribution in [3.8, 4) is 0 Å². The molecule has 0 radical (unpaired) electrons. The summed E-state index contributed by atoms with van der Waals surface area (Å²) < 4.78 is 1.90. The minimum Gasteiger partial charge on any atom is -0.481 e. The fraction of sp³-hybridized carbons (Fsp3) is 0.333. The maximum Gasteiger partial charge on any atom is 0.303 e. The van der Waals surface area contributed by atoms with E-state index in [1.165, 1.54) is 15.9 Å². The van der Waals surface area contributed by atoms with E-state index in [0.29, 0.717) is 0 Å². The van der Waals surface area contributed by atoms with Gasteiger partial charge in [0.25, 0.3) is 0 Å². The second-order valence-corrected chi connectivity index (χ2v) is 11.1. The van der Waals surface area contributed by atoms with Crippen molar-refractivity contribution in [2.75, 3.05) is 6.16 Å². The van der Waals surface area contributed by atoms with Crippen LogP contribution in [0.3, 0.4) is 0 Å². The van der Waals surface area contributed by atoms with E-state index in [1.807, 2.05) is 17.9 Å². The lowest BCUT2D eigenvalue weighted by Crippen LogP contribution is -2.33. The molecule has 0 unspecified atom stereocenters. The summed E-state index contributed by atoms with van der Waals surface area (Å²) in [5.41, 5.74) is 0. The summed E-state index contributed by atoms with van der Waals surface area (Å²) in [6.45, 7) is 0. The van der Waals surface area contributed by atoms with Crippen molar-refractivity contribution in [3.05, 3.63) is 73.1 Å². The van der Waals surface area contributed by atoms with Gasteiger partial charge in [-0.1, -0.05) is 49.2 Å². The van der Waals surface area contributed by atoms with Gasteiger partial charge < -0.3 is 5.11 Å². The number of hydrogen-bond acceptors (Lipinski definition) is 2. The number of carboxylic acids is 1. The Morgan fingerprint density at radius 3 is 1.93 bits per heavy atom. The molecule has 0 spiro atoms. The fourth-order valence-electron chi connectivity index (χ4n) is 3.96. The van der Waals surface area contributed by atoms with E-state index in [9.17, 15) is 4.79 Å². The fourth-order valence-corrected chi connectivity index (χ4v) is 8.30. The maximum atomic E-state index is 10.7. The zero-order chi connectivity index (χ0) is 20.5. The molecule has 1 aromatic heterocycles. The van der Waals surface area contributed by atoms with Crippen LogP contribution < -0.4 is 15.9 Å². The Morgan fingerprint density at radius 2 is 1.41 bits per heavy atom. The zero-order valence-electron chi connectivity index (χ0n) is 17.1. The summed E-state index contributed by atoms with van der Waals surface area (Å²) in [5, 5.41) is 17.4. The molecule has 152 valence electrons. The van der Waals surface area contributed by atoms with Crippen molar-refractivity contribution < 1.29 is 9.90 Å². The molecule has 0 saturated carbocycles. The lowest BCUT2D eigenvalue weighted by Gasteiger charge is -2.26. The third kappa shape index (κ3) is 5.33. The molecule has 0 aliphatic heterocycles. The first-order valence-electron chi connectivity index (χ1n) is 10.3. The van der Waals surface area contributed by atoms with Crippen molar-refractivity contribution in [1.82, 2.24) is 9.78 Å². The second kappa shape index (κ2) is 10.4. The van der Waals surface area contributed by atoms with Gasteiger partial charge in [-0.05, 0) is 43.5 Å². The predicted octanol–water partition coefficient (Wildman–Crippen LogP) is 4.14. The molecule has 0 atom stereocenters. The quantitative estimate of drug-likeness (QED) is 0.383. The minimum absolute atomic E-state index is 0.278. The van der Waals surface area contributed by atoms with E-state index in [-0.39, 0.29) is 6.42 Å². The highest BCUT2D eigenvalue weighted by Crippen LogP contribution is 2.55. The van der Waals surface area contributed by atoms with E-state index in [1.54, 1.807) is 0 Å². The lowest BCUT2D eigenvalue weighted by molar-refractivity contribution is -0.137. The number of carbonyl (C=O) groups is 1. The number of hydrogen-bond donors (Lipinski definition) is 1. The molecule has 0 aliphatic rings. The first kappa shape index (κ1) is 21.3. The van der Waals surface area contributed by atoms with E-state index >= 15 is 0 Å². The number of carboxylic acid groups (broad SMARTS) is 1. The molecule has 0 aliphatic carbocycles. The average molecular weight is 409 g/mol. The van der Waals surface area contributed by atoms with E-state index in [2.05, 4.69) is 72.0 Å². The Bertz CT molecular complexity index is 854. The van der Waals surface area contributed by atoms with Crippen molar-refractivity contribution in [1.29, 1.82) is 0 Å². The van der Waals surface area contributed by atoms with Gasteiger partial charge in [-0.3, -0.25) is 9.48 Å². The summed E-state index contributed by atoms with van der Waals surface area (Å²) in [4.78, 5) is 10.7. The number of unbranched alkanes of at least 4 members (excludes halogenated alkanes) is 4. The number of nitrogens with zero attached hydrogens (tertiary/aromatic N) is 2. The standard InChI is InChI=1S/C24H29N2O2P/c1-26-20-23(19-25-26)29(21-13-7-5-8-14-21,22-15-9-6-10-16-22)18-12-4-2-3-11-17-24(27)28/h5-10,13-16,19-20H,2-4,11-12,17-18H2,1H3/p+1. The summed E-state index contributed by atoms with van der Waals surface area (Å²) in [6.07, 6.45) is 10.7. The smallest absolute Gasteiger partial charge is 0.303 e. The molecule has 1 N–H and O–H groups in total. The van der Waals surface area contributed by atoms with Crippen molar-refractivity contribution in [2.45, 2.75) is 38.5 Å². The van der Waals surface area contributed by atoms with Crippen LogP contribution in [0, 0.1) is 0 Å². The van der Waals surface area contributed by atoms with Crippen LogP contribution in [0.15, 0.2) is 73.1 Å². The topological polar surface area (TPSA) is 55.1 Å². The Morgan fingerprint density at radius 1 is 0.862 bits per heavy atom. The van der Waals surface area contributed by atoms with Gasteiger partial charge in [0, 0.05) is 13.5 Å². The SMILES string of the molecule is Cn1cc([P+](CCCCCCCC(=O)O)(c2ccccc2)c2ccccc2)cn1. The summed E-state index contributed by atoms with van der Waals surface area (Å²) in [5.74, 6) is -0.695. The number of benzene rings is 2. The molecule has 1 heterocycles. The largest absolute Gasteiger partial charge is 0.481 e. The predicted molar refractivity (Wildman–Crippen MR) is 122 cm³/mol. The van der Waals surface area contributed by atoms with Crippen LogP contribution in [0.1, 0.15) is 38.5 Å². The highest BCUT2D eigenvalue weighted by Gasteiger charge is 2.45.